The molecule has 0 radical (unpaired) electrons. The van der Waals surface area contributed by atoms with Crippen molar-refractivity contribution in [3.63, 3.8) is 0 Å². The van der Waals surface area contributed by atoms with E-state index in [0.717, 1.165) is 57.0 Å². The lowest BCUT2D eigenvalue weighted by Crippen LogP contribution is -2.35. The zero-order valence-electron chi connectivity index (χ0n) is 14.6. The van der Waals surface area contributed by atoms with Gasteiger partial charge >= 0.3 is 0 Å². The first-order valence-corrected chi connectivity index (χ1v) is 8.92. The van der Waals surface area contributed by atoms with Crippen molar-refractivity contribution in [2.45, 2.75) is 65.9 Å². The summed E-state index contributed by atoms with van der Waals surface area (Å²) < 4.78 is 17.2. The minimum absolute atomic E-state index is 0.435. The van der Waals surface area contributed by atoms with Crippen molar-refractivity contribution in [1.82, 2.24) is 0 Å². The van der Waals surface area contributed by atoms with Crippen molar-refractivity contribution in [3.8, 4) is 0 Å². The standard InChI is InChI=1S/C18H36O3/c1-5-9-19-10-6-11-20-12-13-21-18-14-16(4)7-8-17(18)15(2)3/h15-18H,5-14H2,1-4H3. The van der Waals surface area contributed by atoms with E-state index in [-0.39, 0.29) is 0 Å². The van der Waals surface area contributed by atoms with Crippen LogP contribution in [0.15, 0.2) is 0 Å². The van der Waals surface area contributed by atoms with Crippen LogP contribution in [-0.2, 0) is 14.2 Å². The third-order valence-corrected chi connectivity index (χ3v) is 4.45. The van der Waals surface area contributed by atoms with Gasteiger partial charge < -0.3 is 14.2 Å². The van der Waals surface area contributed by atoms with Crippen molar-refractivity contribution in [3.05, 3.63) is 0 Å². The fourth-order valence-corrected chi connectivity index (χ4v) is 3.18. The lowest BCUT2D eigenvalue weighted by molar-refractivity contribution is -0.0591. The van der Waals surface area contributed by atoms with Crippen LogP contribution >= 0.6 is 0 Å². The van der Waals surface area contributed by atoms with Crippen LogP contribution in [0.25, 0.3) is 0 Å². The Morgan fingerprint density at radius 2 is 1.67 bits per heavy atom. The van der Waals surface area contributed by atoms with E-state index in [2.05, 4.69) is 27.7 Å². The van der Waals surface area contributed by atoms with Gasteiger partial charge in [-0.15, -0.1) is 0 Å². The molecule has 0 aromatic heterocycles. The molecule has 0 N–H and O–H groups in total. The summed E-state index contributed by atoms with van der Waals surface area (Å²) in [7, 11) is 0. The molecule has 1 rings (SSSR count). The Balaban J connectivity index is 2.04. The molecule has 0 amide bonds. The molecule has 1 aliphatic rings. The van der Waals surface area contributed by atoms with E-state index in [1.165, 1.54) is 19.3 Å². The van der Waals surface area contributed by atoms with Crippen molar-refractivity contribution in [2.75, 3.05) is 33.0 Å². The van der Waals surface area contributed by atoms with Gasteiger partial charge in [-0.3, -0.25) is 0 Å². The summed E-state index contributed by atoms with van der Waals surface area (Å²) in [5, 5.41) is 0. The Morgan fingerprint density at radius 3 is 2.33 bits per heavy atom. The van der Waals surface area contributed by atoms with E-state index in [9.17, 15) is 0 Å². The highest BCUT2D eigenvalue weighted by Crippen LogP contribution is 2.35. The minimum Gasteiger partial charge on any atom is -0.381 e. The summed E-state index contributed by atoms with van der Waals surface area (Å²) in [6, 6.07) is 0. The van der Waals surface area contributed by atoms with Crippen molar-refractivity contribution < 1.29 is 14.2 Å². The van der Waals surface area contributed by atoms with Gasteiger partial charge in [-0.25, -0.2) is 0 Å². The number of ether oxygens (including phenoxy) is 3. The van der Waals surface area contributed by atoms with E-state index in [1.807, 2.05) is 0 Å². The highest BCUT2D eigenvalue weighted by atomic mass is 16.5. The highest BCUT2D eigenvalue weighted by molar-refractivity contribution is 4.81. The molecule has 0 aliphatic heterocycles. The predicted molar refractivity (Wildman–Crippen MR) is 87.6 cm³/mol. The summed E-state index contributed by atoms with van der Waals surface area (Å²) in [4.78, 5) is 0. The van der Waals surface area contributed by atoms with Gasteiger partial charge in [-0.2, -0.15) is 0 Å². The van der Waals surface area contributed by atoms with Gasteiger partial charge in [-0.1, -0.05) is 34.1 Å². The smallest absolute Gasteiger partial charge is 0.0704 e. The second-order valence-corrected chi connectivity index (χ2v) is 6.81. The summed E-state index contributed by atoms with van der Waals surface area (Å²) in [5.74, 6) is 2.25. The molecule has 0 spiro atoms. The number of hydrogen-bond donors (Lipinski definition) is 0. The Hall–Kier alpha value is -0.120. The van der Waals surface area contributed by atoms with Gasteiger partial charge in [0.25, 0.3) is 0 Å². The van der Waals surface area contributed by atoms with Crippen molar-refractivity contribution in [2.24, 2.45) is 17.8 Å². The van der Waals surface area contributed by atoms with E-state index in [4.69, 9.17) is 14.2 Å². The van der Waals surface area contributed by atoms with Gasteiger partial charge in [0, 0.05) is 19.8 Å². The minimum atomic E-state index is 0.435. The maximum absolute atomic E-state index is 6.12. The maximum atomic E-state index is 6.12. The van der Waals surface area contributed by atoms with Crippen LogP contribution in [0.4, 0.5) is 0 Å². The molecule has 0 bridgehead atoms. The van der Waals surface area contributed by atoms with Gasteiger partial charge in [0.1, 0.15) is 0 Å². The van der Waals surface area contributed by atoms with Crippen LogP contribution in [0.5, 0.6) is 0 Å². The molecule has 0 heterocycles. The Labute approximate surface area is 131 Å². The number of hydrogen-bond acceptors (Lipinski definition) is 3. The molecule has 21 heavy (non-hydrogen) atoms. The Morgan fingerprint density at radius 1 is 0.952 bits per heavy atom. The molecule has 126 valence electrons. The molecule has 1 fully saturated rings. The average Bonchev–Trinajstić information content (AvgIpc) is 2.45. The van der Waals surface area contributed by atoms with E-state index < -0.39 is 0 Å². The third kappa shape index (κ3) is 8.18. The molecule has 3 heteroatoms. The zero-order valence-corrected chi connectivity index (χ0v) is 14.6. The number of rotatable bonds is 11. The Kier molecular flexibility index (Phi) is 10.3. The predicted octanol–water partition coefficient (Wildman–Crippen LogP) is 4.30. The van der Waals surface area contributed by atoms with Crippen LogP contribution in [0.2, 0.25) is 0 Å². The molecule has 3 atom stereocenters. The van der Waals surface area contributed by atoms with Gasteiger partial charge in [0.05, 0.1) is 19.3 Å². The highest BCUT2D eigenvalue weighted by Gasteiger charge is 2.31. The van der Waals surface area contributed by atoms with Crippen LogP contribution in [0.1, 0.15) is 59.8 Å². The maximum Gasteiger partial charge on any atom is 0.0704 e. The van der Waals surface area contributed by atoms with Gasteiger partial charge in [0.15, 0.2) is 0 Å². The van der Waals surface area contributed by atoms with Crippen LogP contribution in [-0.4, -0.2) is 39.1 Å². The zero-order chi connectivity index (χ0) is 15.5. The largest absolute Gasteiger partial charge is 0.381 e. The van der Waals surface area contributed by atoms with Gasteiger partial charge in [0.2, 0.25) is 0 Å². The van der Waals surface area contributed by atoms with E-state index >= 15 is 0 Å². The quantitative estimate of drug-likeness (QED) is 0.533. The molecule has 3 unspecified atom stereocenters. The molecule has 1 saturated carbocycles. The summed E-state index contributed by atoms with van der Waals surface area (Å²) in [6.07, 6.45) is 6.40. The second-order valence-electron chi connectivity index (χ2n) is 6.81. The molecule has 3 nitrogen and oxygen atoms in total. The summed E-state index contributed by atoms with van der Waals surface area (Å²) in [5.41, 5.74) is 0. The average molecular weight is 300 g/mol. The molecule has 0 aromatic rings. The van der Waals surface area contributed by atoms with Crippen LogP contribution in [0.3, 0.4) is 0 Å². The third-order valence-electron chi connectivity index (χ3n) is 4.45. The molecular formula is C18H36O3. The molecule has 1 aliphatic carbocycles. The first-order chi connectivity index (χ1) is 10.1. The monoisotopic (exact) mass is 300 g/mol. The molecular weight excluding hydrogens is 264 g/mol. The van der Waals surface area contributed by atoms with Crippen molar-refractivity contribution >= 4 is 0 Å². The lowest BCUT2D eigenvalue weighted by atomic mass is 9.75. The van der Waals surface area contributed by atoms with E-state index in [0.29, 0.717) is 12.7 Å². The summed E-state index contributed by atoms with van der Waals surface area (Å²) >= 11 is 0. The first-order valence-electron chi connectivity index (χ1n) is 8.92. The fourth-order valence-electron chi connectivity index (χ4n) is 3.18. The lowest BCUT2D eigenvalue weighted by Gasteiger charge is -2.37. The fraction of sp³-hybridized carbons (Fsp3) is 1.00. The van der Waals surface area contributed by atoms with Crippen LogP contribution < -0.4 is 0 Å². The van der Waals surface area contributed by atoms with E-state index in [1.54, 1.807) is 0 Å². The molecule has 0 saturated heterocycles. The van der Waals surface area contributed by atoms with Gasteiger partial charge in [-0.05, 0) is 43.4 Å². The molecule has 0 aromatic carbocycles. The first kappa shape index (κ1) is 18.9. The second kappa shape index (κ2) is 11.4. The SMILES string of the molecule is CCCOCCCOCCOC1CC(C)CCC1C(C)C. The summed E-state index contributed by atoms with van der Waals surface area (Å²) in [6.45, 7) is 13.0. The Bertz CT molecular complexity index is 243. The topological polar surface area (TPSA) is 27.7 Å². The normalized spacial score (nSPS) is 26.4. The van der Waals surface area contributed by atoms with Crippen LogP contribution in [0, 0.1) is 17.8 Å². The van der Waals surface area contributed by atoms with Crippen molar-refractivity contribution in [1.29, 1.82) is 0 Å².